The van der Waals surface area contributed by atoms with E-state index >= 15 is 0 Å². The molecule has 1 N–H and O–H groups in total. The van der Waals surface area contributed by atoms with E-state index in [1.807, 2.05) is 0 Å². The lowest BCUT2D eigenvalue weighted by Crippen LogP contribution is -2.39. The highest BCUT2D eigenvalue weighted by atomic mass is 35.5. The molecule has 3 aromatic rings. The minimum Gasteiger partial charge on any atom is -0.493 e. The zero-order chi connectivity index (χ0) is 25.1. The molecule has 0 unspecified atom stereocenters. The Kier molecular flexibility index (Phi) is 7.31. The summed E-state index contributed by atoms with van der Waals surface area (Å²) in [5.41, 5.74) is 1.78. The minimum absolute atomic E-state index is 0.0747. The van der Waals surface area contributed by atoms with Gasteiger partial charge in [0.15, 0.2) is 11.5 Å². The van der Waals surface area contributed by atoms with E-state index in [0.717, 1.165) is 18.4 Å². The zero-order valence-electron chi connectivity index (χ0n) is 19.8. The lowest BCUT2D eigenvalue weighted by molar-refractivity contribution is 0.0713. The number of likely N-dealkylation sites (tertiary alicyclic amines) is 1. The average Bonchev–Trinajstić information content (AvgIpc) is 2.89. The van der Waals surface area contributed by atoms with E-state index in [9.17, 15) is 14.0 Å². The maximum Gasteiger partial charge on any atom is 0.271 e. The number of aryl methyl sites for hydroxylation is 1. The molecule has 35 heavy (non-hydrogen) atoms. The van der Waals surface area contributed by atoms with Crippen LogP contribution in [0, 0.1) is 5.82 Å². The van der Waals surface area contributed by atoms with Crippen LogP contribution in [0.3, 0.4) is 0 Å². The number of halogens is 2. The van der Waals surface area contributed by atoms with Crippen molar-refractivity contribution >= 4 is 28.9 Å². The van der Waals surface area contributed by atoms with E-state index in [1.54, 1.807) is 49.4 Å². The fourth-order valence-electron chi connectivity index (χ4n) is 4.36. The topological polar surface area (TPSA) is 72.8 Å². The van der Waals surface area contributed by atoms with Crippen molar-refractivity contribution < 1.29 is 18.7 Å². The lowest BCUT2D eigenvalue weighted by Gasteiger charge is -2.33. The third-order valence-electron chi connectivity index (χ3n) is 6.33. The first-order valence-corrected chi connectivity index (χ1v) is 11.6. The quantitative estimate of drug-likeness (QED) is 0.519. The number of carbonyl (C=O) groups excluding carboxylic acids is 1. The molecule has 0 bridgehead atoms. The fraction of sp³-hybridized carbons (Fsp3) is 0.308. The maximum absolute atomic E-state index is 13.6. The third kappa shape index (κ3) is 5.12. The van der Waals surface area contributed by atoms with Gasteiger partial charge in [-0.05, 0) is 48.6 Å². The second kappa shape index (κ2) is 10.4. The van der Waals surface area contributed by atoms with Gasteiger partial charge in [-0.3, -0.25) is 9.59 Å². The molecule has 2 heterocycles. The largest absolute Gasteiger partial charge is 0.493 e. The summed E-state index contributed by atoms with van der Waals surface area (Å²) in [4.78, 5) is 27.9. The highest BCUT2D eigenvalue weighted by molar-refractivity contribution is 6.34. The number of ether oxygens (including phenoxy) is 2. The molecular formula is C26H27ClFN3O4. The van der Waals surface area contributed by atoms with Crippen LogP contribution < -0.4 is 20.3 Å². The number of methoxy groups -OCH3 is 2. The average molecular weight is 500 g/mol. The predicted molar refractivity (Wildman–Crippen MR) is 134 cm³/mol. The second-order valence-corrected chi connectivity index (χ2v) is 8.84. The smallest absolute Gasteiger partial charge is 0.271 e. The molecule has 1 aliphatic rings. The van der Waals surface area contributed by atoms with Crippen LogP contribution in [-0.2, 0) is 7.05 Å². The molecule has 1 aromatic heterocycles. The molecular weight excluding hydrogens is 473 g/mol. The summed E-state index contributed by atoms with van der Waals surface area (Å²) in [5, 5.41) is 3.06. The molecule has 1 aliphatic heterocycles. The number of pyridine rings is 1. The van der Waals surface area contributed by atoms with Crippen LogP contribution in [0.15, 0.2) is 53.5 Å². The molecule has 0 saturated carbocycles. The van der Waals surface area contributed by atoms with Gasteiger partial charge in [0.25, 0.3) is 11.5 Å². The number of amides is 1. The fourth-order valence-corrected chi connectivity index (χ4v) is 4.64. The molecule has 0 spiro atoms. The normalized spacial score (nSPS) is 14.0. The highest BCUT2D eigenvalue weighted by Gasteiger charge is 2.28. The number of hydrogen-bond donors (Lipinski definition) is 1. The summed E-state index contributed by atoms with van der Waals surface area (Å²) in [6.07, 6.45) is 3.02. The van der Waals surface area contributed by atoms with Crippen LogP contribution in [0.5, 0.6) is 11.5 Å². The number of aromatic nitrogens is 1. The van der Waals surface area contributed by atoms with Crippen molar-refractivity contribution in [3.63, 3.8) is 0 Å². The third-order valence-corrected chi connectivity index (χ3v) is 6.68. The Balaban J connectivity index is 1.59. The number of rotatable bonds is 6. The van der Waals surface area contributed by atoms with Crippen molar-refractivity contribution in [2.75, 3.05) is 32.6 Å². The van der Waals surface area contributed by atoms with E-state index in [2.05, 4.69) is 5.32 Å². The first-order valence-electron chi connectivity index (χ1n) is 11.2. The van der Waals surface area contributed by atoms with Gasteiger partial charge in [-0.2, -0.15) is 0 Å². The summed E-state index contributed by atoms with van der Waals surface area (Å²) in [5.74, 6) is 0.819. The highest BCUT2D eigenvalue weighted by Crippen LogP contribution is 2.35. The van der Waals surface area contributed by atoms with Crippen molar-refractivity contribution in [2.45, 2.75) is 18.8 Å². The van der Waals surface area contributed by atoms with Gasteiger partial charge >= 0.3 is 0 Å². The zero-order valence-corrected chi connectivity index (χ0v) is 20.6. The van der Waals surface area contributed by atoms with E-state index in [4.69, 9.17) is 21.1 Å². The maximum atomic E-state index is 13.6. The molecule has 1 saturated heterocycles. The Morgan fingerprint density at radius 2 is 1.71 bits per heavy atom. The molecule has 1 amide bonds. The molecule has 2 aromatic carbocycles. The van der Waals surface area contributed by atoms with Crippen molar-refractivity contribution in [3.8, 4) is 11.5 Å². The van der Waals surface area contributed by atoms with Gasteiger partial charge in [-0.15, -0.1) is 0 Å². The Bertz CT molecular complexity index is 1280. The number of nitrogens with zero attached hydrogens (tertiary/aromatic N) is 2. The van der Waals surface area contributed by atoms with E-state index in [-0.39, 0.29) is 28.4 Å². The molecule has 7 nitrogen and oxygen atoms in total. The number of hydrogen-bond acceptors (Lipinski definition) is 5. The SMILES string of the molecule is COc1ccc(Nc2c(C(=O)N3CCC(c4ccc(F)cc4)CC3)cn(C)c(=O)c2Cl)cc1OC. The van der Waals surface area contributed by atoms with Crippen LogP contribution in [-0.4, -0.2) is 42.7 Å². The van der Waals surface area contributed by atoms with Gasteiger partial charge in [0, 0.05) is 38.1 Å². The van der Waals surface area contributed by atoms with Gasteiger partial charge in [-0.25, -0.2) is 4.39 Å². The second-order valence-electron chi connectivity index (χ2n) is 8.46. The van der Waals surface area contributed by atoms with Crippen molar-refractivity contribution in [1.29, 1.82) is 0 Å². The number of benzene rings is 2. The minimum atomic E-state index is -0.416. The standard InChI is InChI=1S/C26H27ClFN3O4/c1-30-15-20(25(32)31-12-10-17(11-13-31)16-4-6-18(28)7-5-16)24(23(27)26(30)33)29-19-8-9-21(34-2)22(14-19)35-3/h4-9,14-15,17,29H,10-13H2,1-3H3. The number of carbonyl (C=O) groups is 1. The van der Waals surface area contributed by atoms with Crippen LogP contribution in [0.1, 0.15) is 34.7 Å². The molecule has 0 aliphatic carbocycles. The van der Waals surface area contributed by atoms with Crippen molar-refractivity contribution in [1.82, 2.24) is 9.47 Å². The van der Waals surface area contributed by atoms with E-state index in [0.29, 0.717) is 35.8 Å². The van der Waals surface area contributed by atoms with Gasteiger partial charge in [0.1, 0.15) is 10.8 Å². The van der Waals surface area contributed by atoms with Gasteiger partial charge in [0.05, 0.1) is 25.5 Å². The van der Waals surface area contributed by atoms with Crippen molar-refractivity contribution in [3.05, 3.63) is 81.0 Å². The number of piperidine rings is 1. The molecule has 0 radical (unpaired) electrons. The predicted octanol–water partition coefficient (Wildman–Crippen LogP) is 4.96. The molecule has 1 fully saturated rings. The van der Waals surface area contributed by atoms with Gasteiger partial charge in [-0.1, -0.05) is 23.7 Å². The Morgan fingerprint density at radius 3 is 2.34 bits per heavy atom. The van der Waals surface area contributed by atoms with Crippen LogP contribution in [0.25, 0.3) is 0 Å². The van der Waals surface area contributed by atoms with Gasteiger partial charge < -0.3 is 24.3 Å². The lowest BCUT2D eigenvalue weighted by atomic mass is 9.89. The molecule has 9 heteroatoms. The molecule has 184 valence electrons. The Hall–Kier alpha value is -3.52. The van der Waals surface area contributed by atoms with E-state index < -0.39 is 5.56 Å². The van der Waals surface area contributed by atoms with Crippen LogP contribution in [0.2, 0.25) is 5.02 Å². The Labute approximate surface area is 208 Å². The first-order chi connectivity index (χ1) is 16.8. The van der Waals surface area contributed by atoms with Crippen LogP contribution in [0.4, 0.5) is 15.8 Å². The molecule has 0 atom stereocenters. The summed E-state index contributed by atoms with van der Waals surface area (Å²) >= 11 is 6.43. The summed E-state index contributed by atoms with van der Waals surface area (Å²) < 4.78 is 25.2. The van der Waals surface area contributed by atoms with Crippen molar-refractivity contribution in [2.24, 2.45) is 7.05 Å². The summed E-state index contributed by atoms with van der Waals surface area (Å²) in [6.45, 7) is 1.08. The number of anilines is 2. The summed E-state index contributed by atoms with van der Waals surface area (Å²) in [6, 6.07) is 11.7. The monoisotopic (exact) mass is 499 g/mol. The van der Waals surface area contributed by atoms with Gasteiger partial charge in [0.2, 0.25) is 0 Å². The van der Waals surface area contributed by atoms with Crippen LogP contribution >= 0.6 is 11.6 Å². The Morgan fingerprint density at radius 1 is 1.06 bits per heavy atom. The molecule has 4 rings (SSSR count). The van der Waals surface area contributed by atoms with E-state index in [1.165, 1.54) is 30.0 Å². The number of nitrogens with one attached hydrogen (secondary N) is 1. The summed E-state index contributed by atoms with van der Waals surface area (Å²) in [7, 11) is 4.63. The first kappa shape index (κ1) is 24.6.